The van der Waals surface area contributed by atoms with E-state index in [4.69, 9.17) is 16.3 Å². The van der Waals surface area contributed by atoms with E-state index in [0.29, 0.717) is 16.5 Å². The van der Waals surface area contributed by atoms with Crippen molar-refractivity contribution >= 4 is 29.3 Å². The molecule has 0 spiro atoms. The number of methoxy groups -OCH3 is 1. The van der Waals surface area contributed by atoms with Gasteiger partial charge in [0.1, 0.15) is 11.8 Å². The first-order chi connectivity index (χ1) is 9.65. The number of hydrogen-bond donors (Lipinski definition) is 3. The second-order valence-corrected chi connectivity index (χ2v) is 5.99. The Bertz CT molecular complexity index is 540. The number of carboxylic acid groups (broad SMARTS) is 1. The quantitative estimate of drug-likeness (QED) is 0.797. The number of urea groups is 1. The van der Waals surface area contributed by atoms with E-state index < -0.39 is 23.5 Å². The maximum atomic E-state index is 11.9. The molecule has 0 aliphatic carbocycles. The summed E-state index contributed by atoms with van der Waals surface area (Å²) >= 11 is 5.97. The fourth-order valence-corrected chi connectivity index (χ4v) is 1.83. The Morgan fingerprint density at radius 1 is 1.33 bits per heavy atom. The first-order valence-electron chi connectivity index (χ1n) is 6.29. The number of amides is 2. The van der Waals surface area contributed by atoms with Gasteiger partial charge in [-0.1, -0.05) is 32.4 Å². The van der Waals surface area contributed by atoms with E-state index in [0.717, 1.165) is 0 Å². The normalized spacial score (nSPS) is 12.4. The van der Waals surface area contributed by atoms with E-state index in [-0.39, 0.29) is 0 Å². The highest BCUT2D eigenvalue weighted by Crippen LogP contribution is 2.27. The molecule has 0 bridgehead atoms. The Kier molecular flexibility index (Phi) is 5.43. The third-order valence-electron chi connectivity index (χ3n) is 2.81. The number of carbonyl (C=O) groups excluding carboxylic acids is 1. The van der Waals surface area contributed by atoms with Crippen molar-refractivity contribution in [2.45, 2.75) is 26.8 Å². The molecule has 0 unspecified atom stereocenters. The minimum Gasteiger partial charge on any atom is -0.497 e. The fraction of sp³-hybridized carbons (Fsp3) is 0.429. The minimum absolute atomic E-state index is 0.327. The van der Waals surface area contributed by atoms with Gasteiger partial charge in [-0.2, -0.15) is 0 Å². The lowest BCUT2D eigenvalue weighted by Gasteiger charge is -2.27. The van der Waals surface area contributed by atoms with Crippen LogP contribution in [0.15, 0.2) is 18.2 Å². The van der Waals surface area contributed by atoms with Gasteiger partial charge >= 0.3 is 12.0 Å². The summed E-state index contributed by atoms with van der Waals surface area (Å²) in [4.78, 5) is 23.2. The minimum atomic E-state index is -1.10. The van der Waals surface area contributed by atoms with Gasteiger partial charge in [0.25, 0.3) is 0 Å². The molecule has 21 heavy (non-hydrogen) atoms. The molecule has 3 N–H and O–H groups in total. The van der Waals surface area contributed by atoms with Gasteiger partial charge in [-0.15, -0.1) is 0 Å². The topological polar surface area (TPSA) is 87.7 Å². The third-order valence-corrected chi connectivity index (χ3v) is 3.14. The molecule has 0 saturated carbocycles. The van der Waals surface area contributed by atoms with E-state index >= 15 is 0 Å². The first-order valence-corrected chi connectivity index (χ1v) is 6.67. The zero-order valence-electron chi connectivity index (χ0n) is 12.4. The Labute approximate surface area is 128 Å². The van der Waals surface area contributed by atoms with Crippen molar-refractivity contribution in [1.29, 1.82) is 0 Å². The number of ether oxygens (including phenoxy) is 1. The summed E-state index contributed by atoms with van der Waals surface area (Å²) in [6.07, 6.45) is 0. The summed E-state index contributed by atoms with van der Waals surface area (Å²) in [5, 5.41) is 14.4. The molecule has 0 aromatic heterocycles. The maximum absolute atomic E-state index is 11.9. The second-order valence-electron chi connectivity index (χ2n) is 5.58. The molecule has 0 aliphatic heterocycles. The number of carboxylic acids is 1. The summed E-state index contributed by atoms with van der Waals surface area (Å²) in [7, 11) is 1.49. The van der Waals surface area contributed by atoms with E-state index in [1.165, 1.54) is 7.11 Å². The molecule has 0 fully saturated rings. The fourth-order valence-electron chi connectivity index (χ4n) is 1.67. The Balaban J connectivity index is 2.84. The van der Waals surface area contributed by atoms with Gasteiger partial charge in [0.05, 0.1) is 17.8 Å². The average Bonchev–Trinajstić information content (AvgIpc) is 2.37. The molecule has 7 heteroatoms. The van der Waals surface area contributed by atoms with Gasteiger partial charge in [-0.3, -0.25) is 0 Å². The van der Waals surface area contributed by atoms with Gasteiger partial charge < -0.3 is 20.5 Å². The van der Waals surface area contributed by atoms with Gasteiger partial charge in [0.2, 0.25) is 0 Å². The summed E-state index contributed by atoms with van der Waals surface area (Å²) < 4.78 is 5.04. The number of aliphatic carboxylic acids is 1. The second kappa shape index (κ2) is 6.67. The molecule has 1 aromatic carbocycles. The van der Waals surface area contributed by atoms with Crippen molar-refractivity contribution in [3.63, 3.8) is 0 Å². The van der Waals surface area contributed by atoms with E-state index in [9.17, 15) is 14.7 Å². The largest absolute Gasteiger partial charge is 0.497 e. The molecule has 6 nitrogen and oxygen atoms in total. The smallest absolute Gasteiger partial charge is 0.326 e. The highest BCUT2D eigenvalue weighted by molar-refractivity contribution is 6.33. The van der Waals surface area contributed by atoms with Crippen LogP contribution in [-0.4, -0.2) is 30.3 Å². The van der Waals surface area contributed by atoms with Crippen LogP contribution in [0.5, 0.6) is 5.75 Å². The van der Waals surface area contributed by atoms with Gasteiger partial charge in [-0.05, 0) is 17.5 Å². The maximum Gasteiger partial charge on any atom is 0.326 e. The van der Waals surface area contributed by atoms with Crippen LogP contribution in [0.25, 0.3) is 0 Å². The number of halogens is 1. The molecule has 116 valence electrons. The zero-order chi connectivity index (χ0) is 16.2. The van der Waals surface area contributed by atoms with Crippen LogP contribution in [0, 0.1) is 5.41 Å². The number of carbonyl (C=O) groups is 2. The van der Waals surface area contributed by atoms with Crippen LogP contribution < -0.4 is 15.4 Å². The molecule has 0 aliphatic rings. The van der Waals surface area contributed by atoms with E-state index in [2.05, 4.69) is 10.6 Å². The van der Waals surface area contributed by atoms with Crippen molar-refractivity contribution in [3.8, 4) is 5.75 Å². The summed E-state index contributed by atoms with van der Waals surface area (Å²) in [5.74, 6) is -0.574. The van der Waals surface area contributed by atoms with E-state index in [1.54, 1.807) is 39.0 Å². The molecular weight excluding hydrogens is 296 g/mol. The summed E-state index contributed by atoms with van der Waals surface area (Å²) in [6, 6.07) is 3.11. The lowest BCUT2D eigenvalue weighted by atomic mass is 9.87. The Hall–Kier alpha value is -1.95. The third kappa shape index (κ3) is 4.82. The van der Waals surface area contributed by atoms with Crippen LogP contribution in [0.3, 0.4) is 0 Å². The predicted octanol–water partition coefficient (Wildman–Crippen LogP) is 2.97. The standard InChI is InChI=1S/C14H19ClN2O4/c1-14(2,3)11(12(18)19)17-13(20)16-10-7-8(21-4)5-6-9(10)15/h5-7,11H,1-4H3,(H,18,19)(H2,16,17,20)/t11-/m0/s1. The van der Waals surface area contributed by atoms with Crippen molar-refractivity contribution in [3.05, 3.63) is 23.2 Å². The molecular formula is C14H19ClN2O4. The summed E-state index contributed by atoms with van der Waals surface area (Å²) in [6.45, 7) is 5.18. The molecule has 1 aromatic rings. The van der Waals surface area contributed by atoms with Crippen LogP contribution in [0.4, 0.5) is 10.5 Å². The number of nitrogens with one attached hydrogen (secondary N) is 2. The SMILES string of the molecule is COc1ccc(Cl)c(NC(=O)N[C@@H](C(=O)O)C(C)(C)C)c1. The lowest BCUT2D eigenvalue weighted by Crippen LogP contribution is -2.50. The highest BCUT2D eigenvalue weighted by atomic mass is 35.5. The Morgan fingerprint density at radius 2 is 1.95 bits per heavy atom. The number of rotatable bonds is 4. The average molecular weight is 315 g/mol. The monoisotopic (exact) mass is 314 g/mol. The van der Waals surface area contributed by atoms with E-state index in [1.807, 2.05) is 0 Å². The van der Waals surface area contributed by atoms with Crippen molar-refractivity contribution in [2.24, 2.45) is 5.41 Å². The van der Waals surface area contributed by atoms with Crippen molar-refractivity contribution < 1.29 is 19.4 Å². The molecule has 0 radical (unpaired) electrons. The van der Waals surface area contributed by atoms with Gasteiger partial charge in [0, 0.05) is 6.07 Å². The Morgan fingerprint density at radius 3 is 2.43 bits per heavy atom. The molecule has 0 heterocycles. The van der Waals surface area contributed by atoms with Crippen molar-refractivity contribution in [1.82, 2.24) is 5.32 Å². The zero-order valence-corrected chi connectivity index (χ0v) is 13.1. The van der Waals surface area contributed by atoms with Crippen molar-refractivity contribution in [2.75, 3.05) is 12.4 Å². The number of anilines is 1. The van der Waals surface area contributed by atoms with Crippen LogP contribution >= 0.6 is 11.6 Å². The summed E-state index contributed by atoms with van der Waals surface area (Å²) in [5.41, 5.74) is -0.284. The van der Waals surface area contributed by atoms with Gasteiger partial charge in [-0.25, -0.2) is 9.59 Å². The molecule has 2 amide bonds. The predicted molar refractivity (Wildman–Crippen MR) is 81.0 cm³/mol. The van der Waals surface area contributed by atoms with Crippen LogP contribution in [0.2, 0.25) is 5.02 Å². The highest BCUT2D eigenvalue weighted by Gasteiger charge is 2.32. The number of benzene rings is 1. The first kappa shape index (κ1) is 17.1. The molecule has 1 atom stereocenters. The lowest BCUT2D eigenvalue weighted by molar-refractivity contribution is -0.141. The van der Waals surface area contributed by atoms with Gasteiger partial charge in [0.15, 0.2) is 0 Å². The molecule has 0 saturated heterocycles. The van der Waals surface area contributed by atoms with Crippen LogP contribution in [0.1, 0.15) is 20.8 Å². The molecule has 1 rings (SSSR count). The van der Waals surface area contributed by atoms with Crippen LogP contribution in [-0.2, 0) is 4.79 Å². The number of hydrogen-bond acceptors (Lipinski definition) is 3.